The highest BCUT2D eigenvalue weighted by atomic mass is 35.5. The Morgan fingerprint density at radius 2 is 1.52 bits per heavy atom. The van der Waals surface area contributed by atoms with Crippen LogP contribution < -0.4 is 10.2 Å². The Labute approximate surface area is 188 Å². The van der Waals surface area contributed by atoms with E-state index < -0.39 is 11.7 Å². The lowest BCUT2D eigenvalue weighted by atomic mass is 10.2. The van der Waals surface area contributed by atoms with E-state index >= 15 is 0 Å². The highest BCUT2D eigenvalue weighted by Gasteiger charge is 2.23. The quantitative estimate of drug-likeness (QED) is 0.392. The lowest BCUT2D eigenvalue weighted by molar-refractivity contribution is 0.0529. The standard InChI is InChI=1S/C21H20Cl2N4O4/c1-21(2,3)31-20(28)24-8-9-27(18-25-14-10-12(22)4-6-16(14)29-18)19-26-15-11-13(23)5-7-17(15)30-19/h4-7,10-11H,8-9H2,1-3H3,(H,24,28). The molecule has 0 saturated heterocycles. The number of carbonyl (C=O) groups is 1. The summed E-state index contributed by atoms with van der Waals surface area (Å²) in [5.41, 5.74) is 1.70. The normalized spacial score (nSPS) is 11.8. The fourth-order valence-electron chi connectivity index (χ4n) is 2.86. The van der Waals surface area contributed by atoms with Gasteiger partial charge in [-0.1, -0.05) is 23.2 Å². The SMILES string of the molecule is CC(C)(C)OC(=O)NCCN(c1nc2cc(Cl)ccc2o1)c1nc2cc(Cl)ccc2o1. The van der Waals surface area contributed by atoms with Gasteiger partial charge in [0, 0.05) is 23.1 Å². The second kappa shape index (κ2) is 8.28. The molecule has 31 heavy (non-hydrogen) atoms. The molecule has 162 valence electrons. The number of aromatic nitrogens is 2. The Kier molecular flexibility index (Phi) is 5.68. The Morgan fingerprint density at radius 1 is 1.00 bits per heavy atom. The molecule has 0 aliphatic heterocycles. The van der Waals surface area contributed by atoms with E-state index in [-0.39, 0.29) is 25.1 Å². The van der Waals surface area contributed by atoms with E-state index in [4.69, 9.17) is 36.8 Å². The van der Waals surface area contributed by atoms with Crippen LogP contribution in [0.5, 0.6) is 0 Å². The van der Waals surface area contributed by atoms with Crippen molar-refractivity contribution in [2.24, 2.45) is 0 Å². The van der Waals surface area contributed by atoms with Crippen LogP contribution in [0.15, 0.2) is 45.2 Å². The number of halogens is 2. The zero-order chi connectivity index (χ0) is 22.2. The first kappa shape index (κ1) is 21.3. The van der Waals surface area contributed by atoms with Gasteiger partial charge in [-0.3, -0.25) is 0 Å². The third-order valence-electron chi connectivity index (χ3n) is 4.14. The van der Waals surface area contributed by atoms with E-state index in [0.29, 0.717) is 32.2 Å². The van der Waals surface area contributed by atoms with E-state index in [1.165, 1.54) is 0 Å². The second-order valence-electron chi connectivity index (χ2n) is 7.80. The van der Waals surface area contributed by atoms with Gasteiger partial charge in [-0.15, -0.1) is 0 Å². The van der Waals surface area contributed by atoms with Gasteiger partial charge in [0.1, 0.15) is 16.6 Å². The summed E-state index contributed by atoms with van der Waals surface area (Å²) < 4.78 is 17.0. The average Bonchev–Trinajstić information content (AvgIpc) is 3.26. The number of oxazole rings is 2. The number of anilines is 2. The molecule has 8 nitrogen and oxygen atoms in total. The van der Waals surface area contributed by atoms with Crippen molar-refractivity contribution in [2.75, 3.05) is 18.0 Å². The van der Waals surface area contributed by atoms with Crippen LogP contribution >= 0.6 is 23.2 Å². The molecule has 0 unspecified atom stereocenters. The molecule has 0 aliphatic rings. The molecule has 1 amide bonds. The predicted octanol–water partition coefficient (Wildman–Crippen LogP) is 5.94. The molecule has 4 aromatic rings. The minimum atomic E-state index is -0.594. The molecule has 0 spiro atoms. The summed E-state index contributed by atoms with van der Waals surface area (Å²) >= 11 is 12.1. The molecular formula is C21H20Cl2N4O4. The number of nitrogens with zero attached hydrogens (tertiary/aromatic N) is 3. The molecule has 0 saturated carbocycles. The van der Waals surface area contributed by atoms with Crippen LogP contribution in [-0.4, -0.2) is 34.8 Å². The summed E-state index contributed by atoms with van der Waals surface area (Å²) in [4.78, 5) is 22.6. The number of nitrogens with one attached hydrogen (secondary N) is 1. The number of alkyl carbamates (subject to hydrolysis) is 1. The first-order valence-corrected chi connectivity index (χ1v) is 10.3. The number of amides is 1. The minimum Gasteiger partial charge on any atom is -0.444 e. The van der Waals surface area contributed by atoms with Gasteiger partial charge in [0.25, 0.3) is 0 Å². The van der Waals surface area contributed by atoms with Crippen molar-refractivity contribution < 1.29 is 18.4 Å². The zero-order valence-corrected chi connectivity index (χ0v) is 18.6. The van der Waals surface area contributed by atoms with Crippen molar-refractivity contribution >= 4 is 63.5 Å². The molecule has 2 aromatic heterocycles. The highest BCUT2D eigenvalue weighted by Crippen LogP contribution is 2.31. The molecule has 2 aromatic carbocycles. The topological polar surface area (TPSA) is 93.6 Å². The monoisotopic (exact) mass is 462 g/mol. The molecule has 0 aliphatic carbocycles. The summed E-state index contributed by atoms with van der Waals surface area (Å²) in [6.45, 7) is 5.89. The number of benzene rings is 2. The highest BCUT2D eigenvalue weighted by molar-refractivity contribution is 6.31. The van der Waals surface area contributed by atoms with Gasteiger partial charge < -0.3 is 18.9 Å². The molecule has 1 N–H and O–H groups in total. The van der Waals surface area contributed by atoms with Crippen molar-refractivity contribution in [3.8, 4) is 0 Å². The third kappa shape index (κ3) is 5.03. The van der Waals surface area contributed by atoms with E-state index in [1.807, 2.05) is 0 Å². The van der Waals surface area contributed by atoms with Crippen LogP contribution in [0.3, 0.4) is 0 Å². The van der Waals surface area contributed by atoms with Gasteiger partial charge in [-0.25, -0.2) is 9.69 Å². The largest absolute Gasteiger partial charge is 0.444 e. The number of fused-ring (bicyclic) bond motifs is 2. The third-order valence-corrected chi connectivity index (χ3v) is 4.61. The van der Waals surface area contributed by atoms with Crippen molar-refractivity contribution in [1.29, 1.82) is 0 Å². The van der Waals surface area contributed by atoms with Crippen molar-refractivity contribution in [1.82, 2.24) is 15.3 Å². The lowest BCUT2D eigenvalue weighted by Gasteiger charge is -2.21. The number of hydrogen-bond donors (Lipinski definition) is 1. The maximum absolute atomic E-state index is 12.0. The second-order valence-corrected chi connectivity index (χ2v) is 8.67. The van der Waals surface area contributed by atoms with Crippen molar-refractivity contribution in [3.63, 3.8) is 0 Å². The van der Waals surface area contributed by atoms with Gasteiger partial charge in [-0.05, 0) is 57.2 Å². The van der Waals surface area contributed by atoms with E-state index in [9.17, 15) is 4.79 Å². The number of ether oxygens (including phenoxy) is 1. The van der Waals surface area contributed by atoms with Crippen molar-refractivity contribution in [2.45, 2.75) is 26.4 Å². The van der Waals surface area contributed by atoms with Gasteiger partial charge in [0.15, 0.2) is 11.2 Å². The van der Waals surface area contributed by atoms with E-state index in [1.54, 1.807) is 62.1 Å². The summed E-state index contributed by atoms with van der Waals surface area (Å²) in [5, 5.41) is 3.80. The van der Waals surface area contributed by atoms with Gasteiger partial charge in [-0.2, -0.15) is 9.97 Å². The molecule has 10 heteroatoms. The minimum absolute atomic E-state index is 0.230. The Balaban J connectivity index is 1.63. The molecule has 4 rings (SSSR count). The summed E-state index contributed by atoms with van der Waals surface area (Å²) in [7, 11) is 0. The first-order valence-electron chi connectivity index (χ1n) is 9.54. The maximum Gasteiger partial charge on any atom is 0.407 e. The van der Waals surface area contributed by atoms with Gasteiger partial charge in [0.2, 0.25) is 0 Å². The number of hydrogen-bond acceptors (Lipinski definition) is 7. The van der Waals surface area contributed by atoms with Crippen LogP contribution in [0.25, 0.3) is 22.2 Å². The van der Waals surface area contributed by atoms with Gasteiger partial charge in [0.05, 0.1) is 0 Å². The van der Waals surface area contributed by atoms with Crippen molar-refractivity contribution in [3.05, 3.63) is 46.4 Å². The van der Waals surface area contributed by atoms with Crippen LogP contribution in [0.4, 0.5) is 16.8 Å². The molecule has 0 atom stereocenters. The maximum atomic E-state index is 12.0. The molecule has 0 bridgehead atoms. The van der Waals surface area contributed by atoms with Crippen LogP contribution in [0.2, 0.25) is 10.0 Å². The average molecular weight is 463 g/mol. The summed E-state index contributed by atoms with van der Waals surface area (Å²) in [6.07, 6.45) is -0.527. The molecule has 0 fully saturated rings. The van der Waals surface area contributed by atoms with Crippen LogP contribution in [0, 0.1) is 0 Å². The van der Waals surface area contributed by atoms with E-state index in [0.717, 1.165) is 0 Å². The van der Waals surface area contributed by atoms with Crippen LogP contribution in [-0.2, 0) is 4.74 Å². The number of rotatable bonds is 5. The smallest absolute Gasteiger partial charge is 0.407 e. The summed E-state index contributed by atoms with van der Waals surface area (Å²) in [5.74, 6) is 0. The molecule has 2 heterocycles. The Hall–Kier alpha value is -2.97. The Morgan fingerprint density at radius 3 is 2.00 bits per heavy atom. The number of carbonyl (C=O) groups excluding carboxylic acids is 1. The fourth-order valence-corrected chi connectivity index (χ4v) is 3.20. The molecule has 0 radical (unpaired) electrons. The van der Waals surface area contributed by atoms with Gasteiger partial charge >= 0.3 is 18.1 Å². The fraction of sp³-hybridized carbons (Fsp3) is 0.286. The zero-order valence-electron chi connectivity index (χ0n) is 17.1. The lowest BCUT2D eigenvalue weighted by Crippen LogP contribution is -2.37. The predicted molar refractivity (Wildman–Crippen MR) is 119 cm³/mol. The molecular weight excluding hydrogens is 443 g/mol. The first-order chi connectivity index (χ1) is 14.7. The Bertz CT molecular complexity index is 1170. The van der Waals surface area contributed by atoms with E-state index in [2.05, 4.69) is 15.3 Å². The summed E-state index contributed by atoms with van der Waals surface area (Å²) in [6, 6.07) is 10.8. The van der Waals surface area contributed by atoms with Crippen LogP contribution in [0.1, 0.15) is 20.8 Å².